The van der Waals surface area contributed by atoms with E-state index in [1.807, 2.05) is 41.9 Å². The van der Waals surface area contributed by atoms with E-state index in [9.17, 15) is 4.79 Å². The third-order valence-electron chi connectivity index (χ3n) is 3.09. The normalized spacial score (nSPS) is 10.4. The highest BCUT2D eigenvalue weighted by Gasteiger charge is 2.09. The maximum absolute atomic E-state index is 10.8. The highest BCUT2D eigenvalue weighted by Crippen LogP contribution is 2.10. The van der Waals surface area contributed by atoms with Crippen molar-refractivity contribution in [1.29, 1.82) is 0 Å². The van der Waals surface area contributed by atoms with Crippen molar-refractivity contribution in [2.75, 3.05) is 6.61 Å². The molecular weight excluding hydrogens is 254 g/mol. The van der Waals surface area contributed by atoms with Crippen molar-refractivity contribution in [2.24, 2.45) is 0 Å². The number of ether oxygens (including phenoxy) is 1. The second-order valence-electron chi connectivity index (χ2n) is 4.48. The molecule has 0 unspecified atom stereocenters. The Morgan fingerprint density at radius 2 is 2.05 bits per heavy atom. The lowest BCUT2D eigenvalue weighted by Gasteiger charge is -2.07. The predicted octanol–water partition coefficient (Wildman–Crippen LogP) is 2.51. The number of carbonyl (C=O) groups excluding carboxylic acids is 1. The lowest BCUT2D eigenvalue weighted by molar-refractivity contribution is 0.111. The smallest absolute Gasteiger partial charge is 0.172 e. The Labute approximate surface area is 118 Å². The van der Waals surface area contributed by atoms with Gasteiger partial charge < -0.3 is 4.74 Å². The summed E-state index contributed by atoms with van der Waals surface area (Å²) >= 11 is 0. The molecule has 0 aliphatic carbocycles. The lowest BCUT2D eigenvalue weighted by atomic mass is 10.2. The number of carbonyl (C=O) groups is 1. The quantitative estimate of drug-likeness (QED) is 0.548. The maximum atomic E-state index is 10.8. The summed E-state index contributed by atoms with van der Waals surface area (Å²) in [7, 11) is 0. The van der Waals surface area contributed by atoms with E-state index in [-0.39, 0.29) is 0 Å². The Morgan fingerprint density at radius 3 is 2.75 bits per heavy atom. The van der Waals surface area contributed by atoms with Crippen molar-refractivity contribution in [3.63, 3.8) is 0 Å². The number of hydrogen-bond donors (Lipinski definition) is 0. The molecule has 0 aliphatic heterocycles. The lowest BCUT2D eigenvalue weighted by Crippen LogP contribution is -2.07. The van der Waals surface area contributed by atoms with E-state index in [2.05, 4.69) is 10.3 Å². The van der Waals surface area contributed by atoms with Gasteiger partial charge in [-0.25, -0.2) is 4.68 Å². The minimum Gasteiger partial charge on any atom is -0.494 e. The van der Waals surface area contributed by atoms with Gasteiger partial charge in [-0.15, -0.1) is 5.10 Å². The number of aromatic nitrogens is 3. The fraction of sp³-hybridized carbons (Fsp3) is 0.400. The van der Waals surface area contributed by atoms with Crippen LogP contribution < -0.4 is 4.74 Å². The van der Waals surface area contributed by atoms with Crippen LogP contribution in [0.3, 0.4) is 0 Å². The number of para-hydroxylation sites is 1. The number of unbranched alkanes of at least 4 members (excludes halogenated alkanes) is 1. The highest BCUT2D eigenvalue weighted by atomic mass is 16.5. The molecule has 2 aromatic rings. The van der Waals surface area contributed by atoms with Crippen molar-refractivity contribution in [3.05, 3.63) is 41.7 Å². The molecule has 0 saturated heterocycles. The summed E-state index contributed by atoms with van der Waals surface area (Å²) in [4.78, 5) is 10.8. The molecule has 0 atom stereocenters. The Kier molecular flexibility index (Phi) is 5.29. The summed E-state index contributed by atoms with van der Waals surface area (Å²) in [6.45, 7) is 3.45. The third-order valence-corrected chi connectivity index (χ3v) is 3.09. The molecule has 5 nitrogen and oxygen atoms in total. The summed E-state index contributed by atoms with van der Waals surface area (Å²) in [6.07, 6.45) is 3.41. The van der Waals surface area contributed by atoms with Gasteiger partial charge in [0.1, 0.15) is 11.4 Å². The molecule has 20 heavy (non-hydrogen) atoms. The maximum Gasteiger partial charge on any atom is 0.172 e. The average Bonchev–Trinajstić information content (AvgIpc) is 2.90. The monoisotopic (exact) mass is 273 g/mol. The average molecular weight is 273 g/mol. The van der Waals surface area contributed by atoms with Gasteiger partial charge in [0.05, 0.1) is 12.3 Å². The van der Waals surface area contributed by atoms with Gasteiger partial charge in [0.15, 0.2) is 6.29 Å². The van der Waals surface area contributed by atoms with Crippen LogP contribution in [-0.4, -0.2) is 27.9 Å². The zero-order valence-corrected chi connectivity index (χ0v) is 11.7. The van der Waals surface area contributed by atoms with Crippen molar-refractivity contribution >= 4 is 6.29 Å². The molecule has 0 saturated carbocycles. The number of aldehydes is 1. The van der Waals surface area contributed by atoms with Crippen LogP contribution in [0.2, 0.25) is 0 Å². The molecule has 0 radical (unpaired) electrons. The number of nitrogens with zero attached hydrogens (tertiary/aromatic N) is 3. The van der Waals surface area contributed by atoms with E-state index < -0.39 is 0 Å². The number of benzene rings is 1. The van der Waals surface area contributed by atoms with Gasteiger partial charge in [0.2, 0.25) is 0 Å². The molecule has 0 fully saturated rings. The highest BCUT2D eigenvalue weighted by molar-refractivity contribution is 5.73. The first-order valence-electron chi connectivity index (χ1n) is 6.90. The first-order valence-corrected chi connectivity index (χ1v) is 6.90. The SMILES string of the molecule is CCc1c(C=O)nnn1CCCCOc1ccccc1. The zero-order valence-electron chi connectivity index (χ0n) is 11.7. The molecule has 0 spiro atoms. The second-order valence-corrected chi connectivity index (χ2v) is 4.48. The van der Waals surface area contributed by atoms with Crippen LogP contribution in [0.1, 0.15) is 35.9 Å². The van der Waals surface area contributed by atoms with E-state index in [4.69, 9.17) is 4.74 Å². The number of hydrogen-bond acceptors (Lipinski definition) is 4. The Bertz CT molecular complexity index is 537. The van der Waals surface area contributed by atoms with E-state index in [1.54, 1.807) is 0 Å². The Morgan fingerprint density at radius 1 is 1.25 bits per heavy atom. The van der Waals surface area contributed by atoms with Crippen molar-refractivity contribution in [3.8, 4) is 5.75 Å². The van der Waals surface area contributed by atoms with Gasteiger partial charge >= 0.3 is 0 Å². The minimum absolute atomic E-state index is 0.452. The molecule has 0 aliphatic rings. The van der Waals surface area contributed by atoms with Gasteiger partial charge in [0, 0.05) is 6.54 Å². The van der Waals surface area contributed by atoms with Crippen molar-refractivity contribution in [2.45, 2.75) is 32.7 Å². The van der Waals surface area contributed by atoms with Crippen LogP contribution >= 0.6 is 0 Å². The topological polar surface area (TPSA) is 57.0 Å². The largest absolute Gasteiger partial charge is 0.494 e. The van der Waals surface area contributed by atoms with Crippen LogP contribution in [0, 0.1) is 0 Å². The summed E-state index contributed by atoms with van der Waals surface area (Å²) in [6, 6.07) is 9.78. The van der Waals surface area contributed by atoms with Gasteiger partial charge in [-0.05, 0) is 31.4 Å². The van der Waals surface area contributed by atoms with Gasteiger partial charge in [-0.3, -0.25) is 4.79 Å². The first-order chi connectivity index (χ1) is 9.85. The van der Waals surface area contributed by atoms with Crippen LogP contribution in [0.4, 0.5) is 0 Å². The van der Waals surface area contributed by atoms with Crippen LogP contribution in [0.25, 0.3) is 0 Å². The second kappa shape index (κ2) is 7.43. The van der Waals surface area contributed by atoms with Crippen LogP contribution in [0.15, 0.2) is 30.3 Å². The van der Waals surface area contributed by atoms with Crippen LogP contribution in [0.5, 0.6) is 5.75 Å². The van der Waals surface area contributed by atoms with E-state index in [1.165, 1.54) is 0 Å². The third kappa shape index (κ3) is 3.66. The molecule has 5 heteroatoms. The van der Waals surface area contributed by atoms with Crippen molar-refractivity contribution in [1.82, 2.24) is 15.0 Å². The predicted molar refractivity (Wildman–Crippen MR) is 76.0 cm³/mol. The van der Waals surface area contributed by atoms with Gasteiger partial charge in [-0.2, -0.15) is 0 Å². The molecular formula is C15H19N3O2. The molecule has 0 N–H and O–H groups in total. The fourth-order valence-electron chi connectivity index (χ4n) is 2.05. The summed E-state index contributed by atoms with van der Waals surface area (Å²) in [5.41, 5.74) is 1.36. The molecule has 0 bridgehead atoms. The molecule has 1 aromatic heterocycles. The van der Waals surface area contributed by atoms with Gasteiger partial charge in [-0.1, -0.05) is 30.3 Å². The van der Waals surface area contributed by atoms with Gasteiger partial charge in [0.25, 0.3) is 0 Å². The van der Waals surface area contributed by atoms with E-state index >= 15 is 0 Å². The van der Waals surface area contributed by atoms with Crippen molar-refractivity contribution < 1.29 is 9.53 Å². The molecule has 1 heterocycles. The van der Waals surface area contributed by atoms with Crippen LogP contribution in [-0.2, 0) is 13.0 Å². The fourth-order valence-corrected chi connectivity index (χ4v) is 2.05. The number of rotatable bonds is 8. The molecule has 1 aromatic carbocycles. The summed E-state index contributed by atoms with van der Waals surface area (Å²) in [5.74, 6) is 0.894. The Balaban J connectivity index is 1.73. The minimum atomic E-state index is 0.452. The zero-order chi connectivity index (χ0) is 14.2. The van der Waals surface area contributed by atoms with E-state index in [0.29, 0.717) is 12.3 Å². The first kappa shape index (κ1) is 14.2. The standard InChI is InChI=1S/C15H19N3O2/c1-2-15-14(12-19)16-17-18(15)10-6-7-11-20-13-8-4-3-5-9-13/h3-5,8-9,12H,2,6-7,10-11H2,1H3. The summed E-state index contributed by atoms with van der Waals surface area (Å²) in [5, 5.41) is 7.87. The molecule has 0 amide bonds. The van der Waals surface area contributed by atoms with E-state index in [0.717, 1.165) is 43.5 Å². The number of aryl methyl sites for hydroxylation is 1. The summed E-state index contributed by atoms with van der Waals surface area (Å²) < 4.78 is 7.44. The Hall–Kier alpha value is -2.17. The molecule has 106 valence electrons. The molecule has 2 rings (SSSR count).